The normalized spacial score (nSPS) is 16.9. The molecule has 2 aromatic carbocycles. The maximum absolute atomic E-state index is 13.3. The van der Waals surface area contributed by atoms with Crippen molar-refractivity contribution in [2.75, 3.05) is 18.1 Å². The molecule has 1 amide bonds. The lowest BCUT2D eigenvalue weighted by atomic mass is 10.1. The number of ether oxygens (including phenoxy) is 1. The van der Waals surface area contributed by atoms with Gasteiger partial charge in [-0.15, -0.1) is 0 Å². The summed E-state index contributed by atoms with van der Waals surface area (Å²) in [5.74, 6) is -0.0139. The number of fused-ring (bicyclic) bond motifs is 1. The zero-order valence-electron chi connectivity index (χ0n) is 15.1. The molecular formula is C21H22N2O2S. The fourth-order valence-electron chi connectivity index (χ4n) is 3.31. The zero-order valence-corrected chi connectivity index (χ0v) is 15.9. The first-order chi connectivity index (χ1) is 12.6. The Balaban J connectivity index is 1.72. The number of hydrogen-bond acceptors (Lipinski definition) is 4. The lowest BCUT2D eigenvalue weighted by Gasteiger charge is -2.23. The van der Waals surface area contributed by atoms with E-state index in [1.807, 2.05) is 37.3 Å². The minimum atomic E-state index is -0.0139. The molecule has 1 atom stereocenters. The number of aromatic nitrogens is 1. The van der Waals surface area contributed by atoms with Gasteiger partial charge in [0.2, 0.25) is 0 Å². The average Bonchev–Trinajstić information content (AvgIpc) is 3.28. The summed E-state index contributed by atoms with van der Waals surface area (Å²) in [5, 5.41) is 0.743. The summed E-state index contributed by atoms with van der Waals surface area (Å²) < 4.78 is 6.90. The molecule has 1 saturated heterocycles. The molecule has 134 valence electrons. The smallest absolute Gasteiger partial charge is 0.260 e. The molecule has 0 spiro atoms. The summed E-state index contributed by atoms with van der Waals surface area (Å²) in [7, 11) is 0. The van der Waals surface area contributed by atoms with E-state index < -0.39 is 0 Å². The van der Waals surface area contributed by atoms with Crippen LogP contribution in [-0.2, 0) is 4.74 Å². The SMILES string of the molecule is Cc1cccc(C(=O)N(CC2CCCO2)c2nc3ccc(C)cc3s2)c1. The predicted octanol–water partition coefficient (Wildman–Crippen LogP) is 4.74. The first kappa shape index (κ1) is 17.2. The van der Waals surface area contributed by atoms with E-state index in [1.54, 1.807) is 16.2 Å². The Hall–Kier alpha value is -2.24. The van der Waals surface area contributed by atoms with Crippen LogP contribution in [-0.4, -0.2) is 30.1 Å². The number of benzene rings is 2. The first-order valence-corrected chi connectivity index (χ1v) is 9.79. The number of anilines is 1. The van der Waals surface area contributed by atoms with E-state index in [1.165, 1.54) is 5.56 Å². The van der Waals surface area contributed by atoms with Gasteiger partial charge in [-0.3, -0.25) is 9.69 Å². The molecular weight excluding hydrogens is 344 g/mol. The van der Waals surface area contributed by atoms with Crippen molar-refractivity contribution in [1.29, 1.82) is 0 Å². The molecule has 4 nitrogen and oxygen atoms in total. The summed E-state index contributed by atoms with van der Waals surface area (Å²) in [5.41, 5.74) is 3.90. The third-order valence-corrected chi connectivity index (χ3v) is 5.73. The number of amides is 1. The molecule has 0 saturated carbocycles. The molecule has 26 heavy (non-hydrogen) atoms. The number of nitrogens with zero attached hydrogens (tertiary/aromatic N) is 2. The van der Waals surface area contributed by atoms with Crippen molar-refractivity contribution in [2.24, 2.45) is 0 Å². The van der Waals surface area contributed by atoms with Crippen molar-refractivity contribution >= 4 is 32.6 Å². The van der Waals surface area contributed by atoms with Gasteiger partial charge in [-0.25, -0.2) is 4.98 Å². The van der Waals surface area contributed by atoms with Crippen molar-refractivity contribution < 1.29 is 9.53 Å². The molecule has 1 aliphatic rings. The molecule has 1 aliphatic heterocycles. The van der Waals surface area contributed by atoms with E-state index in [4.69, 9.17) is 9.72 Å². The van der Waals surface area contributed by atoms with E-state index in [9.17, 15) is 4.79 Å². The Labute approximate surface area is 157 Å². The third kappa shape index (κ3) is 3.50. The summed E-state index contributed by atoms with van der Waals surface area (Å²) in [6.07, 6.45) is 2.12. The van der Waals surface area contributed by atoms with Crippen LogP contribution in [0.25, 0.3) is 10.2 Å². The maximum atomic E-state index is 13.3. The van der Waals surface area contributed by atoms with Gasteiger partial charge in [-0.1, -0.05) is 35.1 Å². The van der Waals surface area contributed by atoms with Crippen LogP contribution >= 0.6 is 11.3 Å². The van der Waals surface area contributed by atoms with Crippen LogP contribution in [0.15, 0.2) is 42.5 Å². The standard InChI is InChI=1S/C21H22N2O2S/c1-14-5-3-6-16(11-14)20(24)23(13-17-7-4-10-25-17)21-22-18-9-8-15(2)12-19(18)26-21/h3,5-6,8-9,11-12,17H,4,7,10,13H2,1-2H3. The van der Waals surface area contributed by atoms with E-state index in [0.29, 0.717) is 12.1 Å². The van der Waals surface area contributed by atoms with Crippen molar-refractivity contribution in [3.63, 3.8) is 0 Å². The number of thiazole rings is 1. The number of hydrogen-bond donors (Lipinski definition) is 0. The Morgan fingerprint density at radius 2 is 2.08 bits per heavy atom. The van der Waals surface area contributed by atoms with Gasteiger partial charge in [-0.2, -0.15) is 0 Å². The van der Waals surface area contributed by atoms with E-state index in [-0.39, 0.29) is 12.0 Å². The summed E-state index contributed by atoms with van der Waals surface area (Å²) in [6.45, 7) is 5.39. The van der Waals surface area contributed by atoms with E-state index >= 15 is 0 Å². The molecule has 5 heteroatoms. The third-order valence-electron chi connectivity index (χ3n) is 4.68. The molecule has 1 aromatic heterocycles. The van der Waals surface area contributed by atoms with Crippen LogP contribution in [0.4, 0.5) is 5.13 Å². The Morgan fingerprint density at radius 3 is 2.85 bits per heavy atom. The van der Waals surface area contributed by atoms with Crippen LogP contribution in [0.5, 0.6) is 0 Å². The predicted molar refractivity (Wildman–Crippen MR) is 106 cm³/mol. The van der Waals surface area contributed by atoms with Crippen molar-refractivity contribution in [1.82, 2.24) is 4.98 Å². The van der Waals surface area contributed by atoms with Crippen molar-refractivity contribution in [3.05, 3.63) is 59.2 Å². The maximum Gasteiger partial charge on any atom is 0.260 e. The topological polar surface area (TPSA) is 42.4 Å². The highest BCUT2D eigenvalue weighted by atomic mass is 32.1. The highest BCUT2D eigenvalue weighted by Gasteiger charge is 2.27. The molecule has 4 rings (SSSR count). The molecule has 0 N–H and O–H groups in total. The fraction of sp³-hybridized carbons (Fsp3) is 0.333. The molecule has 0 aliphatic carbocycles. The molecule has 1 unspecified atom stereocenters. The van der Waals surface area contributed by atoms with Gasteiger partial charge in [0.25, 0.3) is 5.91 Å². The van der Waals surface area contributed by atoms with Gasteiger partial charge in [0.1, 0.15) is 0 Å². The van der Waals surface area contributed by atoms with Crippen LogP contribution < -0.4 is 4.90 Å². The fourth-order valence-corrected chi connectivity index (χ4v) is 4.38. The Morgan fingerprint density at radius 1 is 1.23 bits per heavy atom. The first-order valence-electron chi connectivity index (χ1n) is 8.97. The van der Waals surface area contributed by atoms with E-state index in [2.05, 4.69) is 19.1 Å². The second-order valence-electron chi connectivity index (χ2n) is 6.89. The molecule has 0 bridgehead atoms. The number of rotatable bonds is 4. The molecule has 3 aromatic rings. The lowest BCUT2D eigenvalue weighted by molar-refractivity contribution is 0.0917. The summed E-state index contributed by atoms with van der Waals surface area (Å²) in [4.78, 5) is 19.8. The van der Waals surface area contributed by atoms with Crippen LogP contribution in [0.1, 0.15) is 34.3 Å². The second-order valence-corrected chi connectivity index (χ2v) is 7.90. The quantitative estimate of drug-likeness (QED) is 0.670. The minimum Gasteiger partial charge on any atom is -0.376 e. The van der Waals surface area contributed by atoms with Crippen LogP contribution in [0, 0.1) is 13.8 Å². The highest BCUT2D eigenvalue weighted by molar-refractivity contribution is 7.22. The number of carbonyl (C=O) groups excluding carboxylic acids is 1. The number of aryl methyl sites for hydroxylation is 2. The van der Waals surface area contributed by atoms with Crippen molar-refractivity contribution in [3.8, 4) is 0 Å². The summed E-state index contributed by atoms with van der Waals surface area (Å²) in [6, 6.07) is 13.9. The number of carbonyl (C=O) groups is 1. The van der Waals surface area contributed by atoms with Gasteiger partial charge in [-0.05, 0) is 56.5 Å². The highest BCUT2D eigenvalue weighted by Crippen LogP contribution is 2.31. The summed E-state index contributed by atoms with van der Waals surface area (Å²) >= 11 is 1.57. The second kappa shape index (κ2) is 7.17. The van der Waals surface area contributed by atoms with Gasteiger partial charge in [0, 0.05) is 12.2 Å². The zero-order chi connectivity index (χ0) is 18.1. The monoisotopic (exact) mass is 366 g/mol. The molecule has 0 radical (unpaired) electrons. The molecule has 1 fully saturated rings. The van der Waals surface area contributed by atoms with Crippen LogP contribution in [0.2, 0.25) is 0 Å². The van der Waals surface area contributed by atoms with Gasteiger partial charge in [0.15, 0.2) is 5.13 Å². The lowest BCUT2D eigenvalue weighted by Crippen LogP contribution is -2.37. The van der Waals surface area contributed by atoms with Gasteiger partial charge in [0.05, 0.1) is 22.9 Å². The average molecular weight is 366 g/mol. The Bertz CT molecular complexity index is 944. The Kier molecular flexibility index (Phi) is 4.74. The minimum absolute atomic E-state index is 0.0139. The van der Waals surface area contributed by atoms with Gasteiger partial charge >= 0.3 is 0 Å². The largest absolute Gasteiger partial charge is 0.376 e. The van der Waals surface area contributed by atoms with Crippen molar-refractivity contribution in [2.45, 2.75) is 32.8 Å². The van der Waals surface area contributed by atoms with E-state index in [0.717, 1.165) is 40.4 Å². The van der Waals surface area contributed by atoms with Crippen LogP contribution in [0.3, 0.4) is 0 Å². The molecule has 2 heterocycles. The van der Waals surface area contributed by atoms with Gasteiger partial charge < -0.3 is 4.74 Å².